The van der Waals surface area contributed by atoms with E-state index in [1.165, 1.54) is 0 Å². The summed E-state index contributed by atoms with van der Waals surface area (Å²) in [5.41, 5.74) is 8.00. The van der Waals surface area contributed by atoms with Gasteiger partial charge in [0.05, 0.1) is 6.42 Å². The van der Waals surface area contributed by atoms with E-state index < -0.39 is 5.91 Å². The lowest BCUT2D eigenvalue weighted by atomic mass is 10.0. The van der Waals surface area contributed by atoms with E-state index in [0.717, 1.165) is 10.9 Å². The Morgan fingerprint density at radius 2 is 1.82 bits per heavy atom. The summed E-state index contributed by atoms with van der Waals surface area (Å²) in [6.45, 7) is 1.94. The third-order valence-electron chi connectivity index (χ3n) is 3.54. The smallest absolute Gasteiger partial charge is 0.228 e. The van der Waals surface area contributed by atoms with Crippen molar-refractivity contribution < 1.29 is 14.0 Å². The normalized spacial score (nSPS) is 10.8. The number of furan rings is 1. The molecule has 0 aliphatic heterocycles. The lowest BCUT2D eigenvalue weighted by Gasteiger charge is -2.01. The Labute approximate surface area is 127 Å². The number of primary amides is 1. The predicted molar refractivity (Wildman–Crippen MR) is 83.7 cm³/mol. The minimum Gasteiger partial charge on any atom is -0.452 e. The van der Waals surface area contributed by atoms with E-state index in [4.69, 9.17) is 10.2 Å². The largest absolute Gasteiger partial charge is 0.452 e. The molecular formula is C18H15NO3. The van der Waals surface area contributed by atoms with Gasteiger partial charge in [-0.3, -0.25) is 9.59 Å². The van der Waals surface area contributed by atoms with E-state index in [1.807, 2.05) is 31.2 Å². The molecule has 1 amide bonds. The van der Waals surface area contributed by atoms with E-state index >= 15 is 0 Å². The summed E-state index contributed by atoms with van der Waals surface area (Å²) in [5.74, 6) is -0.554. The van der Waals surface area contributed by atoms with Crippen LogP contribution in [0.25, 0.3) is 11.0 Å². The Balaban J connectivity index is 2.19. The number of rotatable bonds is 4. The molecule has 0 bridgehead atoms. The Kier molecular flexibility index (Phi) is 3.51. The molecule has 110 valence electrons. The lowest BCUT2D eigenvalue weighted by molar-refractivity contribution is -0.117. The average molecular weight is 293 g/mol. The van der Waals surface area contributed by atoms with Crippen molar-refractivity contribution >= 4 is 22.7 Å². The fourth-order valence-corrected chi connectivity index (χ4v) is 2.51. The molecule has 4 heteroatoms. The van der Waals surface area contributed by atoms with Crippen LogP contribution < -0.4 is 5.73 Å². The molecule has 4 nitrogen and oxygen atoms in total. The predicted octanol–water partition coefficient (Wildman–Crippen LogP) is 3.00. The highest BCUT2D eigenvalue weighted by molar-refractivity contribution is 6.11. The van der Waals surface area contributed by atoms with Crippen molar-refractivity contribution in [3.8, 4) is 0 Å². The van der Waals surface area contributed by atoms with E-state index in [1.54, 1.807) is 24.3 Å². The van der Waals surface area contributed by atoms with Gasteiger partial charge in [-0.15, -0.1) is 0 Å². The van der Waals surface area contributed by atoms with Crippen LogP contribution in [0.1, 0.15) is 27.2 Å². The number of nitrogens with two attached hydrogens (primary N) is 1. The molecule has 0 aliphatic rings. The molecule has 1 heterocycles. The highest BCUT2D eigenvalue weighted by Gasteiger charge is 2.22. The number of ketones is 1. The number of hydrogen-bond donors (Lipinski definition) is 1. The first-order valence-corrected chi connectivity index (χ1v) is 6.96. The van der Waals surface area contributed by atoms with Crippen LogP contribution in [0.2, 0.25) is 0 Å². The molecule has 2 N–H and O–H groups in total. The zero-order chi connectivity index (χ0) is 15.7. The summed E-state index contributed by atoms with van der Waals surface area (Å²) in [7, 11) is 0. The minimum atomic E-state index is -0.495. The van der Waals surface area contributed by atoms with Gasteiger partial charge in [0.2, 0.25) is 11.7 Å². The average Bonchev–Trinajstić information content (AvgIpc) is 2.84. The Morgan fingerprint density at radius 3 is 2.50 bits per heavy atom. The van der Waals surface area contributed by atoms with E-state index in [2.05, 4.69) is 0 Å². The lowest BCUT2D eigenvalue weighted by Crippen LogP contribution is -2.15. The van der Waals surface area contributed by atoms with Gasteiger partial charge in [0, 0.05) is 16.5 Å². The Bertz CT molecular complexity index is 863. The summed E-state index contributed by atoms with van der Waals surface area (Å²) >= 11 is 0. The molecule has 0 saturated heterocycles. The summed E-state index contributed by atoms with van der Waals surface area (Å²) in [5, 5.41) is 0.753. The summed E-state index contributed by atoms with van der Waals surface area (Å²) < 4.78 is 5.74. The zero-order valence-corrected chi connectivity index (χ0v) is 12.1. The number of carbonyl (C=O) groups is 2. The number of amides is 1. The number of hydrogen-bond acceptors (Lipinski definition) is 3. The Hall–Kier alpha value is -2.88. The molecular weight excluding hydrogens is 278 g/mol. The second-order valence-electron chi connectivity index (χ2n) is 5.25. The summed E-state index contributed by atoms with van der Waals surface area (Å²) in [4.78, 5) is 24.0. The quantitative estimate of drug-likeness (QED) is 0.751. The van der Waals surface area contributed by atoms with Gasteiger partial charge < -0.3 is 10.2 Å². The second kappa shape index (κ2) is 5.48. The van der Waals surface area contributed by atoms with E-state index in [0.29, 0.717) is 16.7 Å². The Morgan fingerprint density at radius 1 is 1.09 bits per heavy atom. The first-order chi connectivity index (χ1) is 10.6. The summed E-state index contributed by atoms with van der Waals surface area (Å²) in [6.07, 6.45) is -0.0238. The van der Waals surface area contributed by atoms with Crippen LogP contribution in [0.4, 0.5) is 0 Å². The van der Waals surface area contributed by atoms with Crippen LogP contribution in [0, 0.1) is 6.92 Å². The molecule has 0 saturated carbocycles. The first kappa shape index (κ1) is 14.1. The molecule has 0 fully saturated rings. The molecule has 1 aromatic heterocycles. The van der Waals surface area contributed by atoms with Crippen LogP contribution >= 0.6 is 0 Å². The molecule has 0 radical (unpaired) electrons. The highest BCUT2D eigenvalue weighted by atomic mass is 16.3. The van der Waals surface area contributed by atoms with E-state index in [-0.39, 0.29) is 18.0 Å². The maximum Gasteiger partial charge on any atom is 0.228 e. The van der Waals surface area contributed by atoms with Gasteiger partial charge in [-0.2, -0.15) is 0 Å². The van der Waals surface area contributed by atoms with Gasteiger partial charge in [-0.1, -0.05) is 42.5 Å². The van der Waals surface area contributed by atoms with Crippen LogP contribution in [-0.4, -0.2) is 11.7 Å². The highest BCUT2D eigenvalue weighted by Crippen LogP contribution is 2.29. The molecule has 2 aromatic carbocycles. The number of benzene rings is 2. The van der Waals surface area contributed by atoms with Crippen molar-refractivity contribution in [2.75, 3.05) is 0 Å². The zero-order valence-electron chi connectivity index (χ0n) is 12.1. The fraction of sp³-hybridized carbons (Fsp3) is 0.111. The van der Waals surface area contributed by atoms with Crippen LogP contribution in [0.5, 0.6) is 0 Å². The molecule has 3 rings (SSSR count). The fourth-order valence-electron chi connectivity index (χ4n) is 2.51. The van der Waals surface area contributed by atoms with Gasteiger partial charge in [-0.25, -0.2) is 0 Å². The van der Waals surface area contributed by atoms with E-state index in [9.17, 15) is 9.59 Å². The number of aryl methyl sites for hydroxylation is 1. The van der Waals surface area contributed by atoms with Crippen LogP contribution in [-0.2, 0) is 11.2 Å². The molecule has 22 heavy (non-hydrogen) atoms. The third-order valence-corrected chi connectivity index (χ3v) is 3.54. The second-order valence-corrected chi connectivity index (χ2v) is 5.25. The molecule has 0 unspecified atom stereocenters. The van der Waals surface area contributed by atoms with Crippen molar-refractivity contribution in [1.29, 1.82) is 0 Å². The summed E-state index contributed by atoms with van der Waals surface area (Å²) in [6, 6.07) is 14.5. The van der Waals surface area contributed by atoms with Gasteiger partial charge in [0.25, 0.3) is 0 Å². The van der Waals surface area contributed by atoms with Crippen molar-refractivity contribution in [2.45, 2.75) is 13.3 Å². The van der Waals surface area contributed by atoms with Gasteiger partial charge in [0.15, 0.2) is 5.76 Å². The first-order valence-electron chi connectivity index (χ1n) is 6.96. The van der Waals surface area contributed by atoms with Gasteiger partial charge in [-0.05, 0) is 18.6 Å². The maximum absolute atomic E-state index is 12.7. The third kappa shape index (κ3) is 2.51. The number of fused-ring (bicyclic) bond motifs is 1. The maximum atomic E-state index is 12.7. The van der Waals surface area contributed by atoms with Gasteiger partial charge in [0.1, 0.15) is 5.58 Å². The van der Waals surface area contributed by atoms with Gasteiger partial charge >= 0.3 is 0 Å². The van der Waals surface area contributed by atoms with Crippen molar-refractivity contribution in [1.82, 2.24) is 0 Å². The van der Waals surface area contributed by atoms with Crippen LogP contribution in [0.3, 0.4) is 0 Å². The molecule has 0 spiro atoms. The van der Waals surface area contributed by atoms with Crippen molar-refractivity contribution in [3.05, 3.63) is 71.0 Å². The minimum absolute atomic E-state index is 0.0238. The van der Waals surface area contributed by atoms with Crippen LogP contribution in [0.15, 0.2) is 52.9 Å². The molecule has 0 aliphatic carbocycles. The van der Waals surface area contributed by atoms with Crippen molar-refractivity contribution in [2.24, 2.45) is 5.73 Å². The standard InChI is InChI=1S/C18H15NO3/c1-11-7-8-13-14(10-16(19)20)18(22-15(13)9-11)17(21)12-5-3-2-4-6-12/h2-9H,10H2,1H3,(H2,19,20). The SMILES string of the molecule is Cc1ccc2c(CC(N)=O)c(C(=O)c3ccccc3)oc2c1. The topological polar surface area (TPSA) is 73.3 Å². The van der Waals surface area contributed by atoms with Crippen molar-refractivity contribution in [3.63, 3.8) is 0 Å². The monoisotopic (exact) mass is 293 g/mol. The molecule has 0 atom stereocenters. The molecule has 3 aromatic rings. The number of carbonyl (C=O) groups excluding carboxylic acids is 2.